The monoisotopic (exact) mass is 379 g/mol. The molecule has 3 aromatic rings. The molecule has 0 saturated carbocycles. The Hall–Kier alpha value is -3.28. The van der Waals surface area contributed by atoms with Crippen LogP contribution in [0.3, 0.4) is 0 Å². The third-order valence-corrected chi connectivity index (χ3v) is 4.12. The minimum absolute atomic E-state index is 0.116. The van der Waals surface area contributed by atoms with Crippen LogP contribution in [-0.2, 0) is 11.3 Å². The number of para-hydroxylation sites is 2. The quantitative estimate of drug-likeness (QED) is 0.611. The second-order valence-electron chi connectivity index (χ2n) is 6.62. The molecule has 3 rings (SSSR count). The molecule has 1 aromatic heterocycles. The molecular formula is C22H25N3O3. The molecule has 6 nitrogen and oxygen atoms in total. The van der Waals surface area contributed by atoms with Gasteiger partial charge in [-0.3, -0.25) is 4.79 Å². The lowest BCUT2D eigenvalue weighted by Crippen LogP contribution is -2.16. The van der Waals surface area contributed by atoms with Crippen LogP contribution >= 0.6 is 0 Å². The van der Waals surface area contributed by atoms with Gasteiger partial charge in [-0.2, -0.15) is 0 Å². The minimum Gasteiger partial charge on any atom is -0.493 e. The van der Waals surface area contributed by atoms with Crippen LogP contribution in [0.15, 0.2) is 61.2 Å². The normalized spacial score (nSPS) is 10.5. The molecule has 1 amide bonds. The van der Waals surface area contributed by atoms with Crippen molar-refractivity contribution in [2.24, 2.45) is 0 Å². The zero-order chi connectivity index (χ0) is 19.8. The number of hydrogen-bond donors (Lipinski definition) is 1. The molecule has 0 spiro atoms. The molecule has 6 heteroatoms. The number of aromatic nitrogens is 2. The van der Waals surface area contributed by atoms with E-state index in [0.717, 1.165) is 16.9 Å². The topological polar surface area (TPSA) is 65.4 Å². The SMILES string of the molecule is Cc1cc(C)cc(OCCC(=O)Nc2ccccc2OCCn2ccnc2)c1. The van der Waals surface area contributed by atoms with Gasteiger partial charge in [-0.1, -0.05) is 18.2 Å². The van der Waals surface area contributed by atoms with E-state index in [1.807, 2.05) is 61.0 Å². The Kier molecular flexibility index (Phi) is 6.68. The van der Waals surface area contributed by atoms with E-state index in [2.05, 4.69) is 16.4 Å². The van der Waals surface area contributed by atoms with Gasteiger partial charge in [0.2, 0.25) is 5.91 Å². The van der Waals surface area contributed by atoms with E-state index in [1.54, 1.807) is 12.5 Å². The summed E-state index contributed by atoms with van der Waals surface area (Å²) < 4.78 is 13.5. The van der Waals surface area contributed by atoms with Crippen molar-refractivity contribution in [2.45, 2.75) is 26.8 Å². The predicted octanol–water partition coefficient (Wildman–Crippen LogP) is 3.99. The van der Waals surface area contributed by atoms with Gasteiger partial charge < -0.3 is 19.4 Å². The van der Waals surface area contributed by atoms with E-state index < -0.39 is 0 Å². The lowest BCUT2D eigenvalue weighted by Gasteiger charge is -2.13. The minimum atomic E-state index is -0.116. The lowest BCUT2D eigenvalue weighted by atomic mass is 10.1. The summed E-state index contributed by atoms with van der Waals surface area (Å²) in [5.74, 6) is 1.31. The van der Waals surface area contributed by atoms with Crippen molar-refractivity contribution in [1.82, 2.24) is 9.55 Å². The average Bonchev–Trinajstić information content (AvgIpc) is 3.16. The third kappa shape index (κ3) is 5.87. The van der Waals surface area contributed by atoms with Gasteiger partial charge in [0, 0.05) is 12.4 Å². The summed E-state index contributed by atoms with van der Waals surface area (Å²) in [6.07, 6.45) is 5.62. The van der Waals surface area contributed by atoms with Crippen molar-refractivity contribution in [1.29, 1.82) is 0 Å². The largest absolute Gasteiger partial charge is 0.493 e. The zero-order valence-electron chi connectivity index (χ0n) is 16.2. The van der Waals surface area contributed by atoms with E-state index in [0.29, 0.717) is 31.2 Å². The summed E-state index contributed by atoms with van der Waals surface area (Å²) in [6, 6.07) is 13.4. The maximum atomic E-state index is 12.3. The van der Waals surface area contributed by atoms with Gasteiger partial charge in [-0.15, -0.1) is 0 Å². The molecule has 0 radical (unpaired) electrons. The number of carbonyl (C=O) groups is 1. The first-order valence-corrected chi connectivity index (χ1v) is 9.29. The molecule has 0 atom stereocenters. The predicted molar refractivity (Wildman–Crippen MR) is 109 cm³/mol. The maximum Gasteiger partial charge on any atom is 0.227 e. The Bertz CT molecular complexity index is 887. The maximum absolute atomic E-state index is 12.3. The molecule has 0 saturated heterocycles. The number of amides is 1. The number of aryl methyl sites for hydroxylation is 2. The summed E-state index contributed by atoms with van der Waals surface area (Å²) in [4.78, 5) is 16.3. The molecular weight excluding hydrogens is 354 g/mol. The summed E-state index contributed by atoms with van der Waals surface area (Å²) in [7, 11) is 0. The van der Waals surface area contributed by atoms with Crippen LogP contribution in [0.25, 0.3) is 0 Å². The lowest BCUT2D eigenvalue weighted by molar-refractivity contribution is -0.116. The van der Waals surface area contributed by atoms with Crippen LogP contribution in [0.4, 0.5) is 5.69 Å². The molecule has 2 aromatic carbocycles. The second kappa shape index (κ2) is 9.60. The van der Waals surface area contributed by atoms with Crippen molar-refractivity contribution < 1.29 is 14.3 Å². The van der Waals surface area contributed by atoms with Crippen molar-refractivity contribution in [3.8, 4) is 11.5 Å². The summed E-state index contributed by atoms with van der Waals surface area (Å²) in [5, 5.41) is 2.90. The van der Waals surface area contributed by atoms with Gasteiger partial charge in [0.1, 0.15) is 18.1 Å². The summed E-state index contributed by atoms with van der Waals surface area (Å²) in [6.45, 7) is 5.54. The number of ether oxygens (including phenoxy) is 2. The van der Waals surface area contributed by atoms with E-state index >= 15 is 0 Å². The molecule has 146 valence electrons. The van der Waals surface area contributed by atoms with E-state index in [9.17, 15) is 4.79 Å². The first kappa shape index (κ1) is 19.5. The smallest absolute Gasteiger partial charge is 0.227 e. The number of imidazole rings is 1. The second-order valence-corrected chi connectivity index (χ2v) is 6.62. The molecule has 0 unspecified atom stereocenters. The van der Waals surface area contributed by atoms with Crippen molar-refractivity contribution in [3.05, 3.63) is 72.3 Å². The van der Waals surface area contributed by atoms with Crippen LogP contribution in [-0.4, -0.2) is 28.7 Å². The van der Waals surface area contributed by atoms with E-state index in [4.69, 9.17) is 9.47 Å². The standard InChI is InChI=1S/C22H25N3O3/c1-17-13-18(2)15-19(14-17)27-11-7-22(26)24-20-5-3-4-6-21(20)28-12-10-25-9-8-23-16-25/h3-6,8-9,13-16H,7,10-12H2,1-2H3,(H,24,26). The van der Waals surface area contributed by atoms with Crippen LogP contribution in [0.5, 0.6) is 11.5 Å². The van der Waals surface area contributed by atoms with Crippen LogP contribution in [0.2, 0.25) is 0 Å². The van der Waals surface area contributed by atoms with Gasteiger partial charge >= 0.3 is 0 Å². The highest BCUT2D eigenvalue weighted by atomic mass is 16.5. The van der Waals surface area contributed by atoms with Crippen LogP contribution < -0.4 is 14.8 Å². The highest BCUT2D eigenvalue weighted by Crippen LogP contribution is 2.24. The molecule has 0 aliphatic heterocycles. The first-order chi connectivity index (χ1) is 13.6. The number of hydrogen-bond acceptors (Lipinski definition) is 4. The number of anilines is 1. The Morgan fingerprint density at radius 3 is 2.61 bits per heavy atom. The molecule has 1 heterocycles. The molecule has 0 fully saturated rings. The van der Waals surface area contributed by atoms with Gasteiger partial charge in [0.25, 0.3) is 0 Å². The molecule has 0 bridgehead atoms. The van der Waals surface area contributed by atoms with Crippen LogP contribution in [0, 0.1) is 13.8 Å². The summed E-state index contributed by atoms with van der Waals surface area (Å²) in [5.41, 5.74) is 2.94. The Morgan fingerprint density at radius 2 is 1.86 bits per heavy atom. The number of carbonyl (C=O) groups excluding carboxylic acids is 1. The van der Waals surface area contributed by atoms with Gasteiger partial charge in [-0.25, -0.2) is 4.98 Å². The van der Waals surface area contributed by atoms with Crippen LogP contribution in [0.1, 0.15) is 17.5 Å². The Labute approximate surface area is 165 Å². The third-order valence-electron chi connectivity index (χ3n) is 4.12. The molecule has 0 aliphatic carbocycles. The zero-order valence-corrected chi connectivity index (χ0v) is 16.2. The first-order valence-electron chi connectivity index (χ1n) is 9.29. The number of benzene rings is 2. The van der Waals surface area contributed by atoms with Crippen molar-refractivity contribution in [2.75, 3.05) is 18.5 Å². The number of nitrogens with zero attached hydrogens (tertiary/aromatic N) is 2. The Morgan fingerprint density at radius 1 is 1.07 bits per heavy atom. The fourth-order valence-corrected chi connectivity index (χ4v) is 2.87. The highest BCUT2D eigenvalue weighted by Gasteiger charge is 2.08. The average molecular weight is 379 g/mol. The fraction of sp³-hybridized carbons (Fsp3) is 0.273. The fourth-order valence-electron chi connectivity index (χ4n) is 2.87. The number of rotatable bonds is 9. The van der Waals surface area contributed by atoms with E-state index in [1.165, 1.54) is 0 Å². The van der Waals surface area contributed by atoms with Gasteiger partial charge in [-0.05, 0) is 49.2 Å². The molecule has 0 aliphatic rings. The highest BCUT2D eigenvalue weighted by molar-refractivity contribution is 5.92. The van der Waals surface area contributed by atoms with Crippen molar-refractivity contribution in [3.63, 3.8) is 0 Å². The van der Waals surface area contributed by atoms with Crippen molar-refractivity contribution >= 4 is 11.6 Å². The molecule has 1 N–H and O–H groups in total. The Balaban J connectivity index is 1.48. The summed E-state index contributed by atoms with van der Waals surface area (Å²) >= 11 is 0. The molecule has 28 heavy (non-hydrogen) atoms. The van der Waals surface area contributed by atoms with Gasteiger partial charge in [0.15, 0.2) is 0 Å². The van der Waals surface area contributed by atoms with E-state index in [-0.39, 0.29) is 12.3 Å². The van der Waals surface area contributed by atoms with Gasteiger partial charge in [0.05, 0.1) is 31.6 Å². The number of nitrogens with one attached hydrogen (secondary N) is 1.